The molecule has 5 heteroatoms. The van der Waals surface area contributed by atoms with Crippen LogP contribution < -0.4 is 5.32 Å². The van der Waals surface area contributed by atoms with Crippen molar-refractivity contribution >= 4 is 45.6 Å². The van der Waals surface area contributed by atoms with E-state index in [1.165, 1.54) is 18.3 Å². The number of hydrogen-bond donors (Lipinski definition) is 1. The summed E-state index contributed by atoms with van der Waals surface area (Å²) >= 11 is 3.66. The normalized spacial score (nSPS) is 12.2. The Hall–Kier alpha value is -0.430. The summed E-state index contributed by atoms with van der Waals surface area (Å²) in [5, 5.41) is 4.41. The van der Waals surface area contributed by atoms with Crippen molar-refractivity contribution in [3.05, 3.63) is 19.9 Å². The van der Waals surface area contributed by atoms with E-state index < -0.39 is 6.04 Å². The van der Waals surface area contributed by atoms with E-state index in [9.17, 15) is 9.59 Å². The van der Waals surface area contributed by atoms with Crippen molar-refractivity contribution < 1.29 is 9.59 Å². The van der Waals surface area contributed by atoms with E-state index in [1.54, 1.807) is 18.4 Å². The molecule has 3 nitrogen and oxygen atoms in total. The van der Waals surface area contributed by atoms with Crippen molar-refractivity contribution in [2.24, 2.45) is 0 Å². The zero-order valence-corrected chi connectivity index (χ0v) is 10.8. The molecule has 1 aromatic rings. The Kier molecular flexibility index (Phi) is 4.06. The number of carbonyl (C=O) groups excluding carboxylic acids is 2. The van der Waals surface area contributed by atoms with E-state index in [0.717, 1.165) is 2.88 Å². The molecule has 0 fully saturated rings. The fourth-order valence-corrected chi connectivity index (χ4v) is 2.14. The highest BCUT2D eigenvalue weighted by Gasteiger charge is 2.13. The number of hydrogen-bond acceptors (Lipinski definition) is 3. The predicted octanol–water partition coefficient (Wildman–Crippen LogP) is 2.06. The molecule has 0 aliphatic carbocycles. The Morgan fingerprint density at radius 3 is 2.64 bits per heavy atom. The molecule has 0 aliphatic heterocycles. The molecule has 0 aromatic carbocycles. The molecular formula is C9H10INO2S. The summed E-state index contributed by atoms with van der Waals surface area (Å²) in [6.07, 6.45) is 0. The summed E-state index contributed by atoms with van der Waals surface area (Å²) in [5.41, 5.74) is 0.618. The zero-order valence-electron chi connectivity index (χ0n) is 7.83. The van der Waals surface area contributed by atoms with Gasteiger partial charge in [0.15, 0.2) is 5.78 Å². The van der Waals surface area contributed by atoms with Gasteiger partial charge in [-0.15, -0.1) is 11.3 Å². The van der Waals surface area contributed by atoms with Crippen LogP contribution in [-0.2, 0) is 4.79 Å². The third-order valence-corrected chi connectivity index (χ3v) is 3.58. The molecule has 1 atom stereocenters. The fraction of sp³-hybridized carbons (Fsp3) is 0.333. The molecule has 0 radical (unpaired) electrons. The Morgan fingerprint density at radius 2 is 2.21 bits per heavy atom. The summed E-state index contributed by atoms with van der Waals surface area (Å²) in [5.74, 6) is -0.227. The van der Waals surface area contributed by atoms with Crippen LogP contribution in [0, 0.1) is 2.88 Å². The molecule has 0 spiro atoms. The molecule has 0 saturated heterocycles. The van der Waals surface area contributed by atoms with Crippen LogP contribution >= 0.6 is 33.9 Å². The highest BCUT2D eigenvalue weighted by Crippen LogP contribution is 2.16. The molecular weight excluding hydrogens is 313 g/mol. The summed E-state index contributed by atoms with van der Waals surface area (Å²) < 4.78 is 1.06. The summed E-state index contributed by atoms with van der Waals surface area (Å²) in [4.78, 5) is 22.4. The van der Waals surface area contributed by atoms with Gasteiger partial charge in [0.2, 0.25) is 0 Å². The van der Waals surface area contributed by atoms with Crippen molar-refractivity contribution in [1.29, 1.82) is 0 Å². The second-order valence-electron chi connectivity index (χ2n) is 2.95. The zero-order chi connectivity index (χ0) is 10.7. The average Bonchev–Trinajstić information content (AvgIpc) is 2.51. The van der Waals surface area contributed by atoms with Crippen molar-refractivity contribution in [1.82, 2.24) is 5.32 Å². The van der Waals surface area contributed by atoms with Crippen molar-refractivity contribution in [3.8, 4) is 0 Å². The van der Waals surface area contributed by atoms with Crippen LogP contribution in [0.5, 0.6) is 0 Å². The van der Waals surface area contributed by atoms with Crippen LogP contribution in [0.3, 0.4) is 0 Å². The minimum atomic E-state index is -0.417. The lowest BCUT2D eigenvalue weighted by Crippen LogP contribution is -2.37. The van der Waals surface area contributed by atoms with Crippen LogP contribution in [-0.4, -0.2) is 17.7 Å². The highest BCUT2D eigenvalue weighted by atomic mass is 127. The first kappa shape index (κ1) is 11.6. The second-order valence-corrected chi connectivity index (χ2v) is 5.75. The van der Waals surface area contributed by atoms with E-state index in [1.807, 2.05) is 0 Å². The SMILES string of the molecule is CC(=O)C(C)NC(=O)c1csc(I)c1. The molecule has 1 heterocycles. The number of carbonyl (C=O) groups is 2. The molecule has 1 amide bonds. The monoisotopic (exact) mass is 323 g/mol. The van der Waals surface area contributed by atoms with Gasteiger partial charge in [-0.2, -0.15) is 0 Å². The Morgan fingerprint density at radius 1 is 1.57 bits per heavy atom. The Bertz CT molecular complexity index is 361. The van der Waals surface area contributed by atoms with Gasteiger partial charge in [0, 0.05) is 5.38 Å². The smallest absolute Gasteiger partial charge is 0.252 e. The standard InChI is InChI=1S/C9H10INO2S/c1-5(6(2)12)11-9(13)7-3-8(10)14-4-7/h3-5H,1-2H3,(H,11,13). The largest absolute Gasteiger partial charge is 0.343 e. The van der Waals surface area contributed by atoms with Crippen LogP contribution in [0.25, 0.3) is 0 Å². The number of amides is 1. The van der Waals surface area contributed by atoms with Crippen LogP contribution in [0.2, 0.25) is 0 Å². The maximum absolute atomic E-state index is 11.5. The number of rotatable bonds is 3. The van der Waals surface area contributed by atoms with Gasteiger partial charge in [0.25, 0.3) is 5.91 Å². The van der Waals surface area contributed by atoms with E-state index >= 15 is 0 Å². The quantitative estimate of drug-likeness (QED) is 0.866. The van der Waals surface area contributed by atoms with Gasteiger partial charge >= 0.3 is 0 Å². The van der Waals surface area contributed by atoms with Crippen molar-refractivity contribution in [2.75, 3.05) is 0 Å². The number of Topliss-reactive ketones (excluding diaryl/α,β-unsaturated/α-hetero) is 1. The van der Waals surface area contributed by atoms with Gasteiger partial charge in [0.05, 0.1) is 14.5 Å². The number of thiophene rings is 1. The van der Waals surface area contributed by atoms with Crippen molar-refractivity contribution in [2.45, 2.75) is 19.9 Å². The fourth-order valence-electron chi connectivity index (χ4n) is 0.811. The van der Waals surface area contributed by atoms with Gasteiger partial charge in [-0.05, 0) is 42.5 Å². The third kappa shape index (κ3) is 3.06. The minimum absolute atomic E-state index is 0.0386. The first-order valence-corrected chi connectivity index (χ1v) is 6.02. The first-order valence-electron chi connectivity index (χ1n) is 4.06. The van der Waals surface area contributed by atoms with Gasteiger partial charge in [-0.1, -0.05) is 0 Å². The lowest BCUT2D eigenvalue weighted by Gasteiger charge is -2.08. The topological polar surface area (TPSA) is 46.2 Å². The van der Waals surface area contributed by atoms with Crippen LogP contribution in [0.1, 0.15) is 24.2 Å². The predicted molar refractivity (Wildman–Crippen MR) is 64.6 cm³/mol. The Balaban J connectivity index is 2.63. The lowest BCUT2D eigenvalue weighted by atomic mass is 10.2. The molecule has 0 bridgehead atoms. The molecule has 1 rings (SSSR count). The molecule has 1 unspecified atom stereocenters. The summed E-state index contributed by atoms with van der Waals surface area (Å²) in [7, 11) is 0. The Labute approximate surface area is 100 Å². The highest BCUT2D eigenvalue weighted by molar-refractivity contribution is 14.1. The van der Waals surface area contributed by atoms with E-state index in [0.29, 0.717) is 5.56 Å². The van der Waals surface area contributed by atoms with Gasteiger partial charge in [-0.25, -0.2) is 0 Å². The average molecular weight is 323 g/mol. The number of ketones is 1. The molecule has 0 aliphatic rings. The van der Waals surface area contributed by atoms with E-state index in [-0.39, 0.29) is 11.7 Å². The second kappa shape index (κ2) is 4.88. The molecule has 0 saturated carbocycles. The molecule has 1 N–H and O–H groups in total. The summed E-state index contributed by atoms with van der Waals surface area (Å²) in [6, 6.07) is 1.38. The maximum Gasteiger partial charge on any atom is 0.252 e. The number of halogens is 1. The van der Waals surface area contributed by atoms with Crippen LogP contribution in [0.15, 0.2) is 11.4 Å². The maximum atomic E-state index is 11.5. The molecule has 1 aromatic heterocycles. The van der Waals surface area contributed by atoms with E-state index in [4.69, 9.17) is 0 Å². The van der Waals surface area contributed by atoms with Gasteiger partial charge < -0.3 is 5.32 Å². The molecule has 14 heavy (non-hydrogen) atoms. The van der Waals surface area contributed by atoms with Crippen molar-refractivity contribution in [3.63, 3.8) is 0 Å². The minimum Gasteiger partial charge on any atom is -0.343 e. The van der Waals surface area contributed by atoms with Crippen LogP contribution in [0.4, 0.5) is 0 Å². The first-order chi connectivity index (χ1) is 6.50. The van der Waals surface area contributed by atoms with Gasteiger partial charge in [0.1, 0.15) is 0 Å². The third-order valence-electron chi connectivity index (χ3n) is 1.79. The van der Waals surface area contributed by atoms with E-state index in [2.05, 4.69) is 27.9 Å². The lowest BCUT2D eigenvalue weighted by molar-refractivity contribution is -0.118. The van der Waals surface area contributed by atoms with Gasteiger partial charge in [-0.3, -0.25) is 9.59 Å². The molecule has 76 valence electrons. The number of nitrogens with one attached hydrogen (secondary N) is 1. The summed E-state index contributed by atoms with van der Waals surface area (Å²) in [6.45, 7) is 3.14.